The van der Waals surface area contributed by atoms with E-state index in [1.807, 2.05) is 32.6 Å². The van der Waals surface area contributed by atoms with Crippen molar-refractivity contribution in [2.24, 2.45) is 0 Å². The highest BCUT2D eigenvalue weighted by Gasteiger charge is 2.47. The standard InChI is InChI=1S/C20H27F3N6O3/c1-12-11-31-8-7-27(12)15-9-16(30)28-6-5-13(20(21,22)23)29(18(28)25-15)10-14-24-17(32-26-14)19(2,3)4/h9,12-13H,5-8,10-11H2,1-4H3. The second-order valence-corrected chi connectivity index (χ2v) is 9.26. The summed E-state index contributed by atoms with van der Waals surface area (Å²) in [6.07, 6.45) is -4.78. The Kier molecular flexibility index (Phi) is 5.68. The van der Waals surface area contributed by atoms with E-state index >= 15 is 0 Å². The second-order valence-electron chi connectivity index (χ2n) is 9.26. The molecule has 2 aliphatic rings. The maximum Gasteiger partial charge on any atom is 0.408 e. The first-order valence-electron chi connectivity index (χ1n) is 10.6. The van der Waals surface area contributed by atoms with E-state index in [4.69, 9.17) is 9.26 Å². The third-order valence-corrected chi connectivity index (χ3v) is 5.70. The molecule has 2 aromatic heterocycles. The Morgan fingerprint density at radius 2 is 1.94 bits per heavy atom. The Bertz CT molecular complexity index is 1030. The highest BCUT2D eigenvalue weighted by atomic mass is 19.4. The van der Waals surface area contributed by atoms with Crippen LogP contribution in [0.2, 0.25) is 0 Å². The minimum atomic E-state index is -4.51. The molecule has 32 heavy (non-hydrogen) atoms. The zero-order chi connectivity index (χ0) is 23.3. The molecule has 4 heterocycles. The van der Waals surface area contributed by atoms with Gasteiger partial charge in [-0.25, -0.2) is 0 Å². The third-order valence-electron chi connectivity index (χ3n) is 5.70. The number of morpholine rings is 1. The van der Waals surface area contributed by atoms with E-state index < -0.39 is 23.2 Å². The maximum absolute atomic E-state index is 14.0. The monoisotopic (exact) mass is 456 g/mol. The molecule has 1 fully saturated rings. The first kappa shape index (κ1) is 22.6. The van der Waals surface area contributed by atoms with Crippen molar-refractivity contribution in [1.82, 2.24) is 19.7 Å². The molecule has 0 N–H and O–H groups in total. The lowest BCUT2D eigenvalue weighted by Crippen LogP contribution is -2.52. The minimum Gasteiger partial charge on any atom is -0.377 e. The summed E-state index contributed by atoms with van der Waals surface area (Å²) >= 11 is 0. The van der Waals surface area contributed by atoms with Gasteiger partial charge in [-0.1, -0.05) is 25.9 Å². The van der Waals surface area contributed by atoms with Crippen LogP contribution in [0.5, 0.6) is 0 Å². The van der Waals surface area contributed by atoms with Gasteiger partial charge in [0.2, 0.25) is 11.8 Å². The molecular weight excluding hydrogens is 429 g/mol. The van der Waals surface area contributed by atoms with E-state index in [-0.39, 0.29) is 37.3 Å². The van der Waals surface area contributed by atoms with Gasteiger partial charge in [0.25, 0.3) is 5.56 Å². The van der Waals surface area contributed by atoms with Crippen molar-refractivity contribution >= 4 is 11.8 Å². The van der Waals surface area contributed by atoms with Gasteiger partial charge < -0.3 is 19.1 Å². The number of hydrogen-bond donors (Lipinski definition) is 0. The number of ether oxygens (including phenoxy) is 1. The molecule has 0 saturated carbocycles. The lowest BCUT2D eigenvalue weighted by molar-refractivity contribution is -0.153. The normalized spacial score (nSPS) is 22.2. The van der Waals surface area contributed by atoms with Gasteiger partial charge >= 0.3 is 6.18 Å². The van der Waals surface area contributed by atoms with Crippen molar-refractivity contribution in [3.63, 3.8) is 0 Å². The Morgan fingerprint density at radius 1 is 1.19 bits per heavy atom. The van der Waals surface area contributed by atoms with Gasteiger partial charge in [-0.15, -0.1) is 0 Å². The molecule has 0 radical (unpaired) electrons. The SMILES string of the molecule is CC1COCCN1c1cc(=O)n2c(n1)N(Cc1noc(C(C)(C)C)n1)C(C(F)(F)F)CC2. The van der Waals surface area contributed by atoms with Crippen LogP contribution in [0.1, 0.15) is 45.8 Å². The molecule has 0 spiro atoms. The zero-order valence-electron chi connectivity index (χ0n) is 18.5. The summed E-state index contributed by atoms with van der Waals surface area (Å²) in [7, 11) is 0. The minimum absolute atomic E-state index is 0.0399. The summed E-state index contributed by atoms with van der Waals surface area (Å²) in [5, 5.41) is 3.88. The van der Waals surface area contributed by atoms with Gasteiger partial charge in [0.05, 0.1) is 25.8 Å². The summed E-state index contributed by atoms with van der Waals surface area (Å²) in [6, 6.07) is -0.493. The summed E-state index contributed by atoms with van der Waals surface area (Å²) in [6.45, 7) is 8.59. The van der Waals surface area contributed by atoms with Crippen LogP contribution in [0.3, 0.4) is 0 Å². The molecular formula is C20H27F3N6O3. The van der Waals surface area contributed by atoms with Crippen LogP contribution < -0.4 is 15.4 Å². The lowest BCUT2D eigenvalue weighted by atomic mass is 9.97. The van der Waals surface area contributed by atoms with Crippen molar-refractivity contribution in [2.75, 3.05) is 29.6 Å². The molecule has 1 saturated heterocycles. The average molecular weight is 456 g/mol. The number of aromatic nitrogens is 4. The molecule has 2 atom stereocenters. The Morgan fingerprint density at radius 3 is 2.56 bits per heavy atom. The maximum atomic E-state index is 14.0. The molecule has 0 amide bonds. The highest BCUT2D eigenvalue weighted by Crippen LogP contribution is 2.35. The number of halogens is 3. The van der Waals surface area contributed by atoms with Crippen LogP contribution in [0.4, 0.5) is 24.9 Å². The number of fused-ring (bicyclic) bond motifs is 1. The van der Waals surface area contributed by atoms with Gasteiger partial charge in [0.15, 0.2) is 5.82 Å². The lowest BCUT2D eigenvalue weighted by Gasteiger charge is -2.40. The van der Waals surface area contributed by atoms with Crippen molar-refractivity contribution in [3.8, 4) is 0 Å². The fourth-order valence-electron chi connectivity index (χ4n) is 3.97. The van der Waals surface area contributed by atoms with Gasteiger partial charge in [-0.3, -0.25) is 9.36 Å². The number of anilines is 2. The van der Waals surface area contributed by atoms with E-state index in [1.54, 1.807) is 0 Å². The topological polar surface area (TPSA) is 89.5 Å². The Hall–Kier alpha value is -2.63. The predicted octanol–water partition coefficient (Wildman–Crippen LogP) is 2.49. The Labute approximate surface area is 183 Å². The van der Waals surface area contributed by atoms with Crippen LogP contribution >= 0.6 is 0 Å². The quantitative estimate of drug-likeness (QED) is 0.696. The van der Waals surface area contributed by atoms with Crippen LogP contribution in [0, 0.1) is 0 Å². The fraction of sp³-hybridized carbons (Fsp3) is 0.700. The molecule has 0 aliphatic carbocycles. The van der Waals surface area contributed by atoms with E-state index in [0.29, 0.717) is 31.5 Å². The highest BCUT2D eigenvalue weighted by molar-refractivity contribution is 5.47. The molecule has 2 unspecified atom stereocenters. The molecule has 12 heteroatoms. The van der Waals surface area contributed by atoms with Crippen LogP contribution in [-0.4, -0.2) is 57.7 Å². The summed E-state index contributed by atoms with van der Waals surface area (Å²) in [4.78, 5) is 24.6. The van der Waals surface area contributed by atoms with Crippen LogP contribution in [0.25, 0.3) is 0 Å². The predicted molar refractivity (Wildman–Crippen MR) is 110 cm³/mol. The van der Waals surface area contributed by atoms with Crippen molar-refractivity contribution in [3.05, 3.63) is 28.1 Å². The largest absolute Gasteiger partial charge is 0.408 e. The van der Waals surface area contributed by atoms with Gasteiger partial charge in [0, 0.05) is 24.6 Å². The molecule has 0 bridgehead atoms. The smallest absolute Gasteiger partial charge is 0.377 e. The molecule has 0 aromatic carbocycles. The zero-order valence-corrected chi connectivity index (χ0v) is 18.5. The molecule has 2 aromatic rings. The van der Waals surface area contributed by atoms with Crippen LogP contribution in [0.15, 0.2) is 15.4 Å². The molecule has 2 aliphatic heterocycles. The Balaban J connectivity index is 1.76. The number of nitrogens with zero attached hydrogens (tertiary/aromatic N) is 6. The third kappa shape index (κ3) is 4.32. The first-order chi connectivity index (χ1) is 14.9. The van der Waals surface area contributed by atoms with E-state index in [9.17, 15) is 18.0 Å². The van der Waals surface area contributed by atoms with Crippen molar-refractivity contribution < 1.29 is 22.4 Å². The average Bonchev–Trinajstić information content (AvgIpc) is 3.17. The molecule has 176 valence electrons. The second kappa shape index (κ2) is 8.05. The van der Waals surface area contributed by atoms with Gasteiger partial charge in [-0.2, -0.15) is 23.1 Å². The van der Waals surface area contributed by atoms with Gasteiger partial charge in [-0.05, 0) is 13.3 Å². The van der Waals surface area contributed by atoms with E-state index in [0.717, 1.165) is 4.90 Å². The summed E-state index contributed by atoms with van der Waals surface area (Å²) < 4.78 is 53.8. The van der Waals surface area contributed by atoms with Crippen LogP contribution in [-0.2, 0) is 23.2 Å². The van der Waals surface area contributed by atoms with Gasteiger partial charge in [0.1, 0.15) is 11.9 Å². The molecule has 4 rings (SSSR count). The summed E-state index contributed by atoms with van der Waals surface area (Å²) in [5.41, 5.74) is -0.832. The number of alkyl halides is 3. The number of hydrogen-bond acceptors (Lipinski definition) is 8. The summed E-state index contributed by atoms with van der Waals surface area (Å²) in [5.74, 6) is 0.738. The van der Waals surface area contributed by atoms with E-state index in [2.05, 4.69) is 15.1 Å². The number of rotatable bonds is 3. The molecule has 9 nitrogen and oxygen atoms in total. The van der Waals surface area contributed by atoms with E-state index in [1.165, 1.54) is 10.6 Å². The van der Waals surface area contributed by atoms with Crippen molar-refractivity contribution in [1.29, 1.82) is 0 Å². The van der Waals surface area contributed by atoms with Crippen molar-refractivity contribution in [2.45, 2.75) is 70.9 Å². The fourth-order valence-corrected chi connectivity index (χ4v) is 3.97. The first-order valence-corrected chi connectivity index (χ1v) is 10.6.